The summed E-state index contributed by atoms with van der Waals surface area (Å²) in [5, 5.41) is 0.486. The highest BCUT2D eigenvalue weighted by molar-refractivity contribution is 7.80. The van der Waals surface area contributed by atoms with Gasteiger partial charge in [0.15, 0.2) is 0 Å². The lowest BCUT2D eigenvalue weighted by Gasteiger charge is -2.19. The Hall–Kier alpha value is -1.65. The molecule has 0 aromatic heterocycles. The van der Waals surface area contributed by atoms with Crippen molar-refractivity contribution in [3.63, 3.8) is 0 Å². The molecule has 1 aliphatic heterocycles. The van der Waals surface area contributed by atoms with Gasteiger partial charge in [-0.05, 0) is 37.1 Å². The van der Waals surface area contributed by atoms with Gasteiger partial charge >= 0.3 is 0 Å². The van der Waals surface area contributed by atoms with Crippen LogP contribution < -0.4 is 4.74 Å². The first-order valence-corrected chi connectivity index (χ1v) is 8.39. The van der Waals surface area contributed by atoms with Crippen LogP contribution in [-0.2, 0) is 6.61 Å². The molecule has 3 rings (SSSR count). The minimum absolute atomic E-state index is 0.141. The number of likely N-dealkylation sites (tertiary alicyclic amines) is 1. The Balaban J connectivity index is 1.69. The van der Waals surface area contributed by atoms with Gasteiger partial charge in [-0.2, -0.15) is 0 Å². The Morgan fingerprint density at radius 3 is 2.61 bits per heavy atom. The van der Waals surface area contributed by atoms with Crippen molar-refractivity contribution in [2.45, 2.75) is 19.4 Å². The van der Waals surface area contributed by atoms with Crippen molar-refractivity contribution >= 4 is 28.8 Å². The van der Waals surface area contributed by atoms with Crippen LogP contribution in [0.15, 0.2) is 42.5 Å². The van der Waals surface area contributed by atoms with Crippen LogP contribution in [0.3, 0.4) is 0 Å². The van der Waals surface area contributed by atoms with Gasteiger partial charge in [0.2, 0.25) is 0 Å². The lowest BCUT2D eigenvalue weighted by Crippen LogP contribution is -2.26. The molecule has 1 aliphatic rings. The first kappa shape index (κ1) is 16.2. The summed E-state index contributed by atoms with van der Waals surface area (Å²) in [5.74, 6) is 0.248. The van der Waals surface area contributed by atoms with Crippen LogP contribution in [0.1, 0.15) is 24.0 Å². The third-order valence-corrected chi connectivity index (χ3v) is 4.70. The Bertz CT molecular complexity index is 716. The van der Waals surface area contributed by atoms with Crippen LogP contribution in [-0.4, -0.2) is 23.0 Å². The summed E-state index contributed by atoms with van der Waals surface area (Å²) >= 11 is 11.8. The molecule has 0 N–H and O–H groups in total. The number of rotatable bonds is 4. The van der Waals surface area contributed by atoms with E-state index in [1.54, 1.807) is 24.3 Å². The molecule has 0 aliphatic carbocycles. The van der Waals surface area contributed by atoms with Crippen molar-refractivity contribution in [3.05, 3.63) is 64.4 Å². The summed E-state index contributed by atoms with van der Waals surface area (Å²) in [6, 6.07) is 12.1. The van der Waals surface area contributed by atoms with Gasteiger partial charge < -0.3 is 9.64 Å². The van der Waals surface area contributed by atoms with E-state index >= 15 is 0 Å². The van der Waals surface area contributed by atoms with Crippen LogP contribution in [0.25, 0.3) is 0 Å². The fraction of sp³-hybridized carbons (Fsp3) is 0.278. The Morgan fingerprint density at radius 1 is 1.17 bits per heavy atom. The number of halogens is 2. The van der Waals surface area contributed by atoms with Crippen molar-refractivity contribution in [2.75, 3.05) is 13.1 Å². The summed E-state index contributed by atoms with van der Waals surface area (Å²) in [7, 11) is 0. The summed E-state index contributed by atoms with van der Waals surface area (Å²) < 4.78 is 19.2. The monoisotopic (exact) mass is 349 g/mol. The minimum Gasteiger partial charge on any atom is -0.487 e. The highest BCUT2D eigenvalue weighted by Crippen LogP contribution is 2.28. The quantitative estimate of drug-likeness (QED) is 0.733. The highest BCUT2D eigenvalue weighted by Gasteiger charge is 2.17. The predicted octanol–water partition coefficient (Wildman–Crippen LogP) is 4.83. The Morgan fingerprint density at radius 2 is 1.91 bits per heavy atom. The van der Waals surface area contributed by atoms with E-state index in [0.717, 1.165) is 23.6 Å². The molecular formula is C18H17ClFNOS. The third-order valence-electron chi connectivity index (χ3n) is 3.91. The van der Waals surface area contributed by atoms with E-state index in [0.29, 0.717) is 16.3 Å². The lowest BCUT2D eigenvalue weighted by molar-refractivity contribution is 0.300. The minimum atomic E-state index is -0.282. The topological polar surface area (TPSA) is 12.5 Å². The fourth-order valence-electron chi connectivity index (χ4n) is 2.62. The van der Waals surface area contributed by atoms with Crippen LogP contribution in [0.2, 0.25) is 5.02 Å². The number of hydrogen-bond donors (Lipinski definition) is 0. The molecule has 120 valence electrons. The Kier molecular flexibility index (Phi) is 5.13. The molecule has 0 amide bonds. The van der Waals surface area contributed by atoms with Gasteiger partial charge in [-0.15, -0.1) is 0 Å². The zero-order valence-corrected chi connectivity index (χ0v) is 14.2. The Labute approximate surface area is 145 Å². The van der Waals surface area contributed by atoms with Gasteiger partial charge in [0.05, 0.1) is 5.02 Å². The molecule has 0 saturated carbocycles. The van der Waals surface area contributed by atoms with Crippen molar-refractivity contribution in [3.8, 4) is 5.75 Å². The van der Waals surface area contributed by atoms with Gasteiger partial charge in [-0.3, -0.25) is 0 Å². The molecule has 1 fully saturated rings. The van der Waals surface area contributed by atoms with Crippen LogP contribution in [0, 0.1) is 5.82 Å². The van der Waals surface area contributed by atoms with Crippen molar-refractivity contribution in [2.24, 2.45) is 0 Å². The molecule has 5 heteroatoms. The van der Waals surface area contributed by atoms with E-state index in [1.807, 2.05) is 12.1 Å². The molecule has 0 spiro atoms. The molecule has 0 atom stereocenters. The largest absolute Gasteiger partial charge is 0.487 e. The van der Waals surface area contributed by atoms with Gasteiger partial charge in [0.1, 0.15) is 23.2 Å². The summed E-state index contributed by atoms with van der Waals surface area (Å²) in [4.78, 5) is 3.02. The van der Waals surface area contributed by atoms with Crippen LogP contribution in [0.5, 0.6) is 5.75 Å². The first-order chi connectivity index (χ1) is 11.1. The number of ether oxygens (including phenoxy) is 1. The van der Waals surface area contributed by atoms with Crippen molar-refractivity contribution in [1.29, 1.82) is 0 Å². The zero-order chi connectivity index (χ0) is 16.2. The molecule has 1 saturated heterocycles. The van der Waals surface area contributed by atoms with Crippen LogP contribution >= 0.6 is 23.8 Å². The number of nitrogens with zero attached hydrogens (tertiary/aromatic N) is 1. The normalized spacial score (nSPS) is 14.1. The standard InChI is InChI=1S/C18H17ClFNOS/c19-15-11-13(18(23)21-9-3-4-10-21)7-8-17(15)22-12-14-5-1-2-6-16(14)20/h1-2,5-8,11H,3-4,9-10,12H2. The summed E-state index contributed by atoms with van der Waals surface area (Å²) in [6.45, 7) is 2.15. The van der Waals surface area contributed by atoms with Gasteiger partial charge in [-0.1, -0.05) is 42.0 Å². The molecule has 0 bridgehead atoms. The van der Waals surface area contributed by atoms with E-state index in [9.17, 15) is 4.39 Å². The smallest absolute Gasteiger partial charge is 0.138 e. The van der Waals surface area contributed by atoms with E-state index in [-0.39, 0.29) is 12.4 Å². The maximum atomic E-state index is 13.6. The molecule has 2 aromatic rings. The molecule has 0 radical (unpaired) electrons. The molecule has 2 nitrogen and oxygen atoms in total. The predicted molar refractivity (Wildman–Crippen MR) is 94.7 cm³/mol. The molecular weight excluding hydrogens is 333 g/mol. The second-order valence-corrected chi connectivity index (χ2v) is 6.32. The number of benzene rings is 2. The zero-order valence-electron chi connectivity index (χ0n) is 12.6. The maximum absolute atomic E-state index is 13.6. The van der Waals surface area contributed by atoms with Crippen molar-refractivity contribution in [1.82, 2.24) is 4.90 Å². The van der Waals surface area contributed by atoms with E-state index in [1.165, 1.54) is 18.9 Å². The number of hydrogen-bond acceptors (Lipinski definition) is 2. The first-order valence-electron chi connectivity index (χ1n) is 7.60. The van der Waals surface area contributed by atoms with E-state index in [4.69, 9.17) is 28.6 Å². The molecule has 1 heterocycles. The van der Waals surface area contributed by atoms with E-state index < -0.39 is 0 Å². The third kappa shape index (κ3) is 3.82. The molecule has 23 heavy (non-hydrogen) atoms. The second-order valence-electron chi connectivity index (χ2n) is 5.52. The summed E-state index contributed by atoms with van der Waals surface area (Å²) in [6.07, 6.45) is 2.36. The SMILES string of the molecule is Fc1ccccc1COc1ccc(C(=S)N2CCCC2)cc1Cl. The average molecular weight is 350 g/mol. The van der Waals surface area contributed by atoms with Crippen molar-refractivity contribution < 1.29 is 9.13 Å². The van der Waals surface area contributed by atoms with Gasteiger partial charge in [0.25, 0.3) is 0 Å². The summed E-state index contributed by atoms with van der Waals surface area (Å²) in [5.41, 5.74) is 1.42. The molecule has 2 aromatic carbocycles. The second kappa shape index (κ2) is 7.28. The van der Waals surface area contributed by atoms with Crippen LogP contribution in [0.4, 0.5) is 4.39 Å². The van der Waals surface area contributed by atoms with Gasteiger partial charge in [-0.25, -0.2) is 4.39 Å². The van der Waals surface area contributed by atoms with E-state index in [2.05, 4.69) is 4.90 Å². The number of thiocarbonyl (C=S) groups is 1. The van der Waals surface area contributed by atoms with Gasteiger partial charge in [0, 0.05) is 24.2 Å². The maximum Gasteiger partial charge on any atom is 0.138 e. The molecule has 0 unspecified atom stereocenters. The highest BCUT2D eigenvalue weighted by atomic mass is 35.5. The lowest BCUT2D eigenvalue weighted by atomic mass is 10.2. The average Bonchev–Trinajstić information content (AvgIpc) is 3.09. The fourth-order valence-corrected chi connectivity index (χ4v) is 3.17.